The molecule has 1 aromatic carbocycles. The molecule has 2 heterocycles. The van der Waals surface area contributed by atoms with Crippen LogP contribution in [0, 0.1) is 5.92 Å². The fraction of sp³-hybridized carbons (Fsp3) is 0.676. The highest BCUT2D eigenvalue weighted by molar-refractivity contribution is 5.64. The van der Waals surface area contributed by atoms with Gasteiger partial charge in [0.15, 0.2) is 6.29 Å². The Bertz CT molecular complexity index is 878. The van der Waals surface area contributed by atoms with Gasteiger partial charge in [0.05, 0.1) is 18.9 Å². The second-order valence-electron chi connectivity index (χ2n) is 11.2. The van der Waals surface area contributed by atoms with Gasteiger partial charge in [-0.3, -0.25) is 4.98 Å². The summed E-state index contributed by atoms with van der Waals surface area (Å²) in [7, 11) is 0. The van der Waals surface area contributed by atoms with Crippen LogP contribution in [0.2, 0.25) is 0 Å². The number of halogens is 1. The largest absolute Gasteiger partial charge is 0.348 e. The molecule has 0 spiro atoms. The lowest BCUT2D eigenvalue weighted by molar-refractivity contribution is -0.206. The van der Waals surface area contributed by atoms with Gasteiger partial charge >= 0.3 is 0 Å². The summed E-state index contributed by atoms with van der Waals surface area (Å²) in [6.45, 7) is 7.90. The molecular weight excluding hydrogens is 473 g/mol. The van der Waals surface area contributed by atoms with E-state index in [1.54, 1.807) is 0 Å². The molecule has 0 saturated carbocycles. The molecular formula is C34H52FNO2. The quantitative estimate of drug-likeness (QED) is 0.181. The van der Waals surface area contributed by atoms with Crippen LogP contribution in [0.1, 0.15) is 134 Å². The van der Waals surface area contributed by atoms with Crippen molar-refractivity contribution in [3.8, 4) is 11.3 Å². The molecule has 1 fully saturated rings. The van der Waals surface area contributed by atoms with Gasteiger partial charge in [-0.05, 0) is 30.9 Å². The highest BCUT2D eigenvalue weighted by Crippen LogP contribution is 2.36. The van der Waals surface area contributed by atoms with Crippen molar-refractivity contribution in [2.45, 2.75) is 129 Å². The van der Waals surface area contributed by atoms with E-state index >= 15 is 4.39 Å². The van der Waals surface area contributed by atoms with E-state index in [0.717, 1.165) is 61.3 Å². The van der Waals surface area contributed by atoms with E-state index in [1.165, 1.54) is 57.8 Å². The summed E-state index contributed by atoms with van der Waals surface area (Å²) >= 11 is 0. The van der Waals surface area contributed by atoms with Gasteiger partial charge in [0.25, 0.3) is 0 Å². The summed E-state index contributed by atoms with van der Waals surface area (Å²) < 4.78 is 27.3. The number of alkyl halides is 1. The third-order valence-electron chi connectivity index (χ3n) is 8.07. The Balaban J connectivity index is 1.51. The lowest BCUT2D eigenvalue weighted by Crippen LogP contribution is -2.27. The molecule has 1 aliphatic rings. The predicted octanol–water partition coefficient (Wildman–Crippen LogP) is 10.4. The number of pyridine rings is 1. The van der Waals surface area contributed by atoms with Crippen molar-refractivity contribution in [2.24, 2.45) is 5.92 Å². The summed E-state index contributed by atoms with van der Waals surface area (Å²) in [6.07, 6.45) is 17.4. The van der Waals surface area contributed by atoms with Gasteiger partial charge in [0.2, 0.25) is 0 Å². The van der Waals surface area contributed by atoms with Gasteiger partial charge in [-0.2, -0.15) is 0 Å². The zero-order chi connectivity index (χ0) is 27.0. The van der Waals surface area contributed by atoms with Gasteiger partial charge in [0.1, 0.15) is 6.17 Å². The lowest BCUT2D eigenvalue weighted by Gasteiger charge is -2.29. The molecule has 2 atom stereocenters. The molecule has 3 rings (SSSR count). The van der Waals surface area contributed by atoms with Crippen molar-refractivity contribution in [3.05, 3.63) is 53.7 Å². The standard InChI is InChI=1S/C34H52FNO2/c1-4-7-9-10-11-12-13-15-18-27-25-37-34(38-26-27)28-22-23-33(36-24-28)31-21-17-16-19-29(31)30(32(35)6-3)20-14-8-5-2/h16-17,19,21-24,27,30,32,34H,4-15,18,20,25-26H2,1-3H3. The molecule has 1 saturated heterocycles. The second kappa shape index (κ2) is 17.7. The average Bonchev–Trinajstić information content (AvgIpc) is 2.97. The minimum Gasteiger partial charge on any atom is -0.348 e. The van der Waals surface area contributed by atoms with Crippen LogP contribution in [0.25, 0.3) is 11.3 Å². The van der Waals surface area contributed by atoms with Crippen LogP contribution < -0.4 is 0 Å². The highest BCUT2D eigenvalue weighted by Gasteiger charge is 2.26. The molecule has 212 valence electrons. The maximum absolute atomic E-state index is 15.1. The zero-order valence-electron chi connectivity index (χ0n) is 24.3. The number of hydrogen-bond donors (Lipinski definition) is 0. The Kier molecular flexibility index (Phi) is 14.4. The lowest BCUT2D eigenvalue weighted by atomic mass is 9.84. The first-order valence-electron chi connectivity index (χ1n) is 15.6. The fourth-order valence-electron chi connectivity index (χ4n) is 5.66. The van der Waals surface area contributed by atoms with E-state index in [9.17, 15) is 0 Å². The number of benzene rings is 1. The van der Waals surface area contributed by atoms with Crippen LogP contribution in [-0.4, -0.2) is 24.4 Å². The van der Waals surface area contributed by atoms with Crippen molar-refractivity contribution in [1.29, 1.82) is 0 Å². The van der Waals surface area contributed by atoms with Gasteiger partial charge < -0.3 is 9.47 Å². The number of nitrogens with zero attached hydrogens (tertiary/aromatic N) is 1. The zero-order valence-corrected chi connectivity index (χ0v) is 24.3. The van der Waals surface area contributed by atoms with E-state index in [4.69, 9.17) is 14.5 Å². The molecule has 0 aliphatic carbocycles. The van der Waals surface area contributed by atoms with Crippen molar-refractivity contribution in [2.75, 3.05) is 13.2 Å². The van der Waals surface area contributed by atoms with E-state index in [1.807, 2.05) is 31.3 Å². The molecule has 4 heteroatoms. The Labute approximate surface area is 231 Å². The Morgan fingerprint density at radius 1 is 0.816 bits per heavy atom. The number of unbranched alkanes of at least 4 members (excludes halogenated alkanes) is 9. The first-order chi connectivity index (χ1) is 18.7. The summed E-state index contributed by atoms with van der Waals surface area (Å²) in [5, 5.41) is 0. The SMILES string of the molecule is CCCCCCCCCCC1COC(c2ccc(-c3ccccc3C(CCCCC)C(F)CC)nc2)OC1. The second-order valence-corrected chi connectivity index (χ2v) is 11.2. The minimum absolute atomic E-state index is 0.0905. The average molecular weight is 526 g/mol. The predicted molar refractivity (Wildman–Crippen MR) is 157 cm³/mol. The van der Waals surface area contributed by atoms with E-state index in [-0.39, 0.29) is 12.2 Å². The smallest absolute Gasteiger partial charge is 0.185 e. The van der Waals surface area contributed by atoms with Crippen LogP contribution in [-0.2, 0) is 9.47 Å². The number of hydrogen-bond acceptors (Lipinski definition) is 3. The van der Waals surface area contributed by atoms with E-state index in [2.05, 4.69) is 32.0 Å². The molecule has 0 N–H and O–H groups in total. The Morgan fingerprint density at radius 3 is 2.13 bits per heavy atom. The monoisotopic (exact) mass is 525 g/mol. The number of rotatable bonds is 18. The summed E-state index contributed by atoms with van der Waals surface area (Å²) in [5.74, 6) is 0.398. The van der Waals surface area contributed by atoms with Crippen LogP contribution in [0.4, 0.5) is 4.39 Å². The molecule has 0 bridgehead atoms. The fourth-order valence-corrected chi connectivity index (χ4v) is 5.66. The van der Waals surface area contributed by atoms with Gasteiger partial charge in [0, 0.05) is 29.2 Å². The molecule has 0 amide bonds. The molecule has 0 radical (unpaired) electrons. The van der Waals surface area contributed by atoms with Crippen molar-refractivity contribution < 1.29 is 13.9 Å². The summed E-state index contributed by atoms with van der Waals surface area (Å²) in [4.78, 5) is 4.78. The Morgan fingerprint density at radius 2 is 1.47 bits per heavy atom. The van der Waals surface area contributed by atoms with Gasteiger partial charge in [-0.1, -0.05) is 122 Å². The molecule has 38 heavy (non-hydrogen) atoms. The van der Waals surface area contributed by atoms with Crippen molar-refractivity contribution in [1.82, 2.24) is 4.98 Å². The third kappa shape index (κ3) is 9.75. The van der Waals surface area contributed by atoms with E-state index < -0.39 is 6.17 Å². The third-order valence-corrected chi connectivity index (χ3v) is 8.07. The number of aromatic nitrogens is 1. The van der Waals surface area contributed by atoms with Crippen LogP contribution in [0.3, 0.4) is 0 Å². The van der Waals surface area contributed by atoms with Crippen LogP contribution >= 0.6 is 0 Å². The van der Waals surface area contributed by atoms with Crippen LogP contribution in [0.15, 0.2) is 42.6 Å². The highest BCUT2D eigenvalue weighted by atomic mass is 19.1. The summed E-state index contributed by atoms with van der Waals surface area (Å²) in [6, 6.07) is 12.3. The molecule has 2 aromatic rings. The van der Waals surface area contributed by atoms with Crippen molar-refractivity contribution >= 4 is 0 Å². The maximum Gasteiger partial charge on any atom is 0.185 e. The molecule has 1 aliphatic heterocycles. The Hall–Kier alpha value is -1.78. The molecule has 1 aromatic heterocycles. The first kappa shape index (κ1) is 30.8. The van der Waals surface area contributed by atoms with E-state index in [0.29, 0.717) is 12.3 Å². The molecule has 3 nitrogen and oxygen atoms in total. The first-order valence-corrected chi connectivity index (χ1v) is 15.6. The van der Waals surface area contributed by atoms with Crippen molar-refractivity contribution in [3.63, 3.8) is 0 Å². The normalized spacial score (nSPS) is 19.4. The number of ether oxygens (including phenoxy) is 2. The molecule has 2 unspecified atom stereocenters. The topological polar surface area (TPSA) is 31.4 Å². The van der Waals surface area contributed by atoms with Gasteiger partial charge in [-0.15, -0.1) is 0 Å². The minimum atomic E-state index is -0.838. The summed E-state index contributed by atoms with van der Waals surface area (Å²) in [5.41, 5.74) is 3.95. The maximum atomic E-state index is 15.1. The van der Waals surface area contributed by atoms with Gasteiger partial charge in [-0.25, -0.2) is 4.39 Å². The van der Waals surface area contributed by atoms with Crippen LogP contribution in [0.5, 0.6) is 0 Å².